The van der Waals surface area contributed by atoms with Crippen LogP contribution in [0.3, 0.4) is 0 Å². The minimum atomic E-state index is 0.792. The van der Waals surface area contributed by atoms with Crippen molar-refractivity contribution in [1.29, 1.82) is 0 Å². The molecule has 2 aromatic heterocycles. The second-order valence-corrected chi connectivity index (χ2v) is 8.38. The third-order valence-electron chi connectivity index (χ3n) is 5.21. The van der Waals surface area contributed by atoms with Crippen LogP contribution in [0, 0.1) is 0 Å². The van der Waals surface area contributed by atoms with E-state index in [0.29, 0.717) is 0 Å². The van der Waals surface area contributed by atoms with Crippen molar-refractivity contribution in [2.75, 3.05) is 24.9 Å². The zero-order valence-corrected chi connectivity index (χ0v) is 19.0. The van der Waals surface area contributed by atoms with Crippen molar-refractivity contribution in [2.45, 2.75) is 0 Å². The summed E-state index contributed by atoms with van der Waals surface area (Å²) in [6, 6.07) is 26.1. The zero-order chi connectivity index (χ0) is 22.6. The first-order valence-electron chi connectivity index (χ1n) is 10.4. The van der Waals surface area contributed by atoms with Gasteiger partial charge < -0.3 is 20.1 Å². The summed E-state index contributed by atoms with van der Waals surface area (Å²) in [5, 5.41) is 6.82. The lowest BCUT2D eigenvalue weighted by Gasteiger charge is -2.10. The maximum Gasteiger partial charge on any atom is 0.151 e. The SMILES string of the molecule is COc1ccc(Nc2ccc(Nc3ncnc4cc(-c5ccc(OC)cc5)sc34)cc2)cc1. The Balaban J connectivity index is 1.34. The van der Waals surface area contributed by atoms with E-state index in [9.17, 15) is 0 Å². The quantitative estimate of drug-likeness (QED) is 0.280. The Morgan fingerprint density at radius 2 is 1.21 bits per heavy atom. The molecule has 5 rings (SSSR count). The van der Waals surface area contributed by atoms with Gasteiger partial charge >= 0.3 is 0 Å². The maximum absolute atomic E-state index is 5.26. The lowest BCUT2D eigenvalue weighted by molar-refractivity contribution is 0.415. The molecule has 0 bridgehead atoms. The summed E-state index contributed by atoms with van der Waals surface area (Å²) in [4.78, 5) is 10.1. The molecule has 0 aliphatic carbocycles. The van der Waals surface area contributed by atoms with Gasteiger partial charge in [0.2, 0.25) is 0 Å². The molecule has 6 nitrogen and oxygen atoms in total. The number of hydrogen-bond acceptors (Lipinski definition) is 7. The van der Waals surface area contributed by atoms with Crippen molar-refractivity contribution in [3.05, 3.63) is 85.2 Å². The number of nitrogens with one attached hydrogen (secondary N) is 2. The Morgan fingerprint density at radius 3 is 1.82 bits per heavy atom. The van der Waals surface area contributed by atoms with Crippen molar-refractivity contribution in [2.24, 2.45) is 0 Å². The molecule has 0 unspecified atom stereocenters. The summed E-state index contributed by atoms with van der Waals surface area (Å²) >= 11 is 1.67. The van der Waals surface area contributed by atoms with Gasteiger partial charge in [-0.25, -0.2) is 9.97 Å². The molecule has 3 aromatic carbocycles. The van der Waals surface area contributed by atoms with Crippen molar-refractivity contribution < 1.29 is 9.47 Å². The van der Waals surface area contributed by atoms with E-state index in [-0.39, 0.29) is 0 Å². The van der Waals surface area contributed by atoms with E-state index in [1.54, 1.807) is 31.9 Å². The van der Waals surface area contributed by atoms with E-state index < -0.39 is 0 Å². The number of anilines is 4. The highest BCUT2D eigenvalue weighted by Crippen LogP contribution is 2.37. The fraction of sp³-hybridized carbons (Fsp3) is 0.0769. The smallest absolute Gasteiger partial charge is 0.151 e. The number of thiophene rings is 1. The number of hydrogen-bond donors (Lipinski definition) is 2. The molecule has 5 aromatic rings. The highest BCUT2D eigenvalue weighted by atomic mass is 32.1. The van der Waals surface area contributed by atoms with E-state index in [1.807, 2.05) is 60.7 Å². The number of rotatable bonds is 7. The topological polar surface area (TPSA) is 68.3 Å². The second kappa shape index (κ2) is 9.18. The minimum absolute atomic E-state index is 0.792. The molecule has 2 N–H and O–H groups in total. The first kappa shape index (κ1) is 20.8. The number of ether oxygens (including phenoxy) is 2. The Bertz CT molecular complexity index is 1360. The van der Waals surface area contributed by atoms with Crippen LogP contribution in [0.2, 0.25) is 0 Å². The van der Waals surface area contributed by atoms with E-state index >= 15 is 0 Å². The molecule has 0 spiro atoms. The lowest BCUT2D eigenvalue weighted by atomic mass is 10.2. The molecule has 33 heavy (non-hydrogen) atoms. The highest BCUT2D eigenvalue weighted by molar-refractivity contribution is 7.22. The van der Waals surface area contributed by atoms with Gasteiger partial charge in [-0.3, -0.25) is 0 Å². The Kier molecular flexibility index (Phi) is 5.78. The summed E-state index contributed by atoms with van der Waals surface area (Å²) in [5.74, 6) is 2.47. The van der Waals surface area contributed by atoms with Crippen molar-refractivity contribution >= 4 is 44.4 Å². The van der Waals surface area contributed by atoms with Crippen LogP contribution in [0.4, 0.5) is 22.9 Å². The van der Waals surface area contributed by atoms with Crippen LogP contribution in [-0.2, 0) is 0 Å². The van der Waals surface area contributed by atoms with Gasteiger partial charge in [0.15, 0.2) is 5.82 Å². The molecule has 0 aliphatic heterocycles. The fourth-order valence-electron chi connectivity index (χ4n) is 3.46. The number of methoxy groups -OCH3 is 2. The van der Waals surface area contributed by atoms with E-state index in [1.165, 1.54) is 0 Å². The van der Waals surface area contributed by atoms with Gasteiger partial charge in [-0.15, -0.1) is 11.3 Å². The number of benzene rings is 3. The number of aromatic nitrogens is 2. The Morgan fingerprint density at radius 1 is 0.667 bits per heavy atom. The third-order valence-corrected chi connectivity index (χ3v) is 6.39. The molecular weight excluding hydrogens is 432 g/mol. The first-order valence-corrected chi connectivity index (χ1v) is 11.2. The molecule has 7 heteroatoms. The van der Waals surface area contributed by atoms with E-state index in [0.717, 1.165) is 55.0 Å². The summed E-state index contributed by atoms with van der Waals surface area (Å²) < 4.78 is 11.5. The van der Waals surface area contributed by atoms with Crippen LogP contribution >= 0.6 is 11.3 Å². The van der Waals surface area contributed by atoms with Crippen molar-refractivity contribution in [1.82, 2.24) is 9.97 Å². The van der Waals surface area contributed by atoms with Gasteiger partial charge in [-0.05, 0) is 84.4 Å². The number of nitrogens with zero attached hydrogens (tertiary/aromatic N) is 2. The van der Waals surface area contributed by atoms with Gasteiger partial charge in [0.1, 0.15) is 17.8 Å². The molecule has 0 saturated carbocycles. The minimum Gasteiger partial charge on any atom is -0.497 e. The van der Waals surface area contributed by atoms with Crippen LogP contribution in [0.1, 0.15) is 0 Å². The molecule has 0 radical (unpaired) electrons. The maximum atomic E-state index is 5.26. The molecule has 0 fully saturated rings. The van der Waals surface area contributed by atoms with Gasteiger partial charge in [-0.2, -0.15) is 0 Å². The molecule has 164 valence electrons. The lowest BCUT2D eigenvalue weighted by Crippen LogP contribution is -1.95. The molecule has 0 saturated heterocycles. The third kappa shape index (κ3) is 4.58. The predicted molar refractivity (Wildman–Crippen MR) is 135 cm³/mol. The van der Waals surface area contributed by atoms with Crippen LogP contribution in [0.25, 0.3) is 20.7 Å². The monoisotopic (exact) mass is 454 g/mol. The van der Waals surface area contributed by atoms with E-state index in [4.69, 9.17) is 9.47 Å². The fourth-order valence-corrected chi connectivity index (χ4v) is 4.52. The number of fused-ring (bicyclic) bond motifs is 1. The summed E-state index contributed by atoms with van der Waals surface area (Å²) in [7, 11) is 3.33. The summed E-state index contributed by atoms with van der Waals surface area (Å²) in [6.45, 7) is 0. The normalized spacial score (nSPS) is 10.7. The molecule has 0 atom stereocenters. The van der Waals surface area contributed by atoms with E-state index in [2.05, 4.69) is 38.8 Å². The molecule has 0 aliphatic rings. The van der Waals surface area contributed by atoms with Crippen molar-refractivity contribution in [3.8, 4) is 21.9 Å². The van der Waals surface area contributed by atoms with Gasteiger partial charge in [0, 0.05) is 21.9 Å². The van der Waals surface area contributed by atoms with Crippen LogP contribution in [0.15, 0.2) is 85.2 Å². The average molecular weight is 455 g/mol. The molecular formula is C26H22N4O2S. The van der Waals surface area contributed by atoms with Gasteiger partial charge in [-0.1, -0.05) is 0 Å². The Hall–Kier alpha value is -4.10. The van der Waals surface area contributed by atoms with Gasteiger partial charge in [0.25, 0.3) is 0 Å². The van der Waals surface area contributed by atoms with Crippen LogP contribution < -0.4 is 20.1 Å². The first-order chi connectivity index (χ1) is 16.2. The Labute approximate surface area is 195 Å². The van der Waals surface area contributed by atoms with Crippen LogP contribution in [0.5, 0.6) is 11.5 Å². The summed E-state index contributed by atoms with van der Waals surface area (Å²) in [6.07, 6.45) is 1.59. The molecule has 0 amide bonds. The van der Waals surface area contributed by atoms with Gasteiger partial charge in [0.05, 0.1) is 24.4 Å². The second-order valence-electron chi connectivity index (χ2n) is 7.33. The van der Waals surface area contributed by atoms with Crippen LogP contribution in [-0.4, -0.2) is 24.2 Å². The zero-order valence-electron chi connectivity index (χ0n) is 18.2. The largest absolute Gasteiger partial charge is 0.497 e. The van der Waals surface area contributed by atoms with Crippen molar-refractivity contribution in [3.63, 3.8) is 0 Å². The average Bonchev–Trinajstić information content (AvgIpc) is 3.31. The highest BCUT2D eigenvalue weighted by Gasteiger charge is 2.11. The summed E-state index contributed by atoms with van der Waals surface area (Å²) in [5.41, 5.74) is 4.99. The molecule has 2 heterocycles. The predicted octanol–water partition coefficient (Wildman–Crippen LogP) is 6.86. The standard InChI is InChI=1S/C26H22N4O2S/c1-31-21-11-3-17(4-12-21)24-15-23-25(33-24)26(28-16-27-23)30-20-7-5-18(6-8-20)29-19-9-13-22(32-2)14-10-19/h3-16,29H,1-2H3,(H,27,28,30).